The van der Waals surface area contributed by atoms with Gasteiger partial charge < -0.3 is 9.63 Å². The molecule has 0 fully saturated rings. The first kappa shape index (κ1) is 22.1. The molecule has 0 spiro atoms. The van der Waals surface area contributed by atoms with Crippen LogP contribution in [0.5, 0.6) is 5.75 Å². The SMILES string of the molecule is CC(C)(C)c1cc(-c2nc(-c3cccc4ccccc34)no2)c(O)c(-c2cccc3ccccc23)c1. The second kappa shape index (κ2) is 8.35. The Morgan fingerprint density at radius 2 is 1.19 bits per heavy atom. The summed E-state index contributed by atoms with van der Waals surface area (Å²) in [4.78, 5) is 4.74. The zero-order valence-electron chi connectivity index (χ0n) is 20.5. The largest absolute Gasteiger partial charge is 0.506 e. The fourth-order valence-electron chi connectivity index (χ4n) is 4.76. The second-order valence-corrected chi connectivity index (χ2v) is 10.1. The van der Waals surface area contributed by atoms with Crippen LogP contribution in [0.25, 0.3) is 55.5 Å². The topological polar surface area (TPSA) is 59.2 Å². The summed E-state index contributed by atoms with van der Waals surface area (Å²) in [6, 6.07) is 32.6. The zero-order valence-corrected chi connectivity index (χ0v) is 20.5. The highest BCUT2D eigenvalue weighted by Crippen LogP contribution is 2.43. The van der Waals surface area contributed by atoms with Crippen molar-refractivity contribution >= 4 is 21.5 Å². The van der Waals surface area contributed by atoms with Gasteiger partial charge in [0.25, 0.3) is 5.89 Å². The molecule has 0 radical (unpaired) electrons. The normalized spacial score (nSPS) is 11.9. The maximum Gasteiger partial charge on any atom is 0.262 e. The van der Waals surface area contributed by atoms with Crippen molar-refractivity contribution in [3.8, 4) is 39.7 Å². The molecule has 0 atom stereocenters. The summed E-state index contributed by atoms with van der Waals surface area (Å²) >= 11 is 0. The Labute approximate surface area is 209 Å². The molecule has 36 heavy (non-hydrogen) atoms. The average molecular weight is 471 g/mol. The van der Waals surface area contributed by atoms with E-state index in [0.717, 1.165) is 43.8 Å². The fraction of sp³-hybridized carbons (Fsp3) is 0.125. The van der Waals surface area contributed by atoms with Crippen molar-refractivity contribution in [2.45, 2.75) is 26.2 Å². The summed E-state index contributed by atoms with van der Waals surface area (Å²) in [6.45, 7) is 6.47. The van der Waals surface area contributed by atoms with Gasteiger partial charge in [-0.25, -0.2) is 0 Å². The van der Waals surface area contributed by atoms with Crippen LogP contribution >= 0.6 is 0 Å². The van der Waals surface area contributed by atoms with Crippen LogP contribution in [0.4, 0.5) is 0 Å². The lowest BCUT2D eigenvalue weighted by atomic mass is 9.83. The highest BCUT2D eigenvalue weighted by Gasteiger charge is 2.24. The summed E-state index contributed by atoms with van der Waals surface area (Å²) in [6.07, 6.45) is 0. The third kappa shape index (κ3) is 3.72. The number of benzene rings is 5. The van der Waals surface area contributed by atoms with Gasteiger partial charge in [-0.05, 0) is 50.2 Å². The van der Waals surface area contributed by atoms with E-state index in [1.165, 1.54) is 0 Å². The van der Waals surface area contributed by atoms with E-state index in [-0.39, 0.29) is 11.2 Å². The van der Waals surface area contributed by atoms with Gasteiger partial charge in [0.05, 0.1) is 5.56 Å². The Morgan fingerprint density at radius 1 is 0.639 bits per heavy atom. The third-order valence-corrected chi connectivity index (χ3v) is 6.74. The molecule has 0 aliphatic heterocycles. The predicted molar refractivity (Wildman–Crippen MR) is 146 cm³/mol. The van der Waals surface area contributed by atoms with E-state index in [2.05, 4.69) is 68.4 Å². The molecule has 6 aromatic rings. The van der Waals surface area contributed by atoms with Crippen LogP contribution in [0.3, 0.4) is 0 Å². The van der Waals surface area contributed by atoms with Crippen molar-refractivity contribution < 1.29 is 9.63 Å². The molecule has 176 valence electrons. The molecular formula is C32H26N2O2. The Balaban J connectivity index is 1.56. The molecule has 0 unspecified atom stereocenters. The third-order valence-electron chi connectivity index (χ3n) is 6.74. The number of phenols is 1. The molecule has 0 aliphatic carbocycles. The first-order chi connectivity index (χ1) is 17.4. The maximum atomic E-state index is 11.6. The van der Waals surface area contributed by atoms with E-state index in [9.17, 15) is 5.11 Å². The van der Waals surface area contributed by atoms with Crippen molar-refractivity contribution in [1.29, 1.82) is 0 Å². The lowest BCUT2D eigenvalue weighted by Gasteiger charge is -2.22. The number of hydrogen-bond donors (Lipinski definition) is 1. The highest BCUT2D eigenvalue weighted by atomic mass is 16.5. The second-order valence-electron chi connectivity index (χ2n) is 10.1. The van der Waals surface area contributed by atoms with Crippen molar-refractivity contribution in [3.63, 3.8) is 0 Å². The fourth-order valence-corrected chi connectivity index (χ4v) is 4.76. The number of phenolic OH excluding ortho intramolecular Hbond substituents is 1. The first-order valence-electron chi connectivity index (χ1n) is 12.1. The molecule has 5 aromatic carbocycles. The predicted octanol–water partition coefficient (Wildman–Crippen LogP) is 8.38. The van der Waals surface area contributed by atoms with E-state index in [1.54, 1.807) is 0 Å². The number of hydrogen-bond acceptors (Lipinski definition) is 4. The molecular weight excluding hydrogens is 444 g/mol. The van der Waals surface area contributed by atoms with Crippen molar-refractivity contribution in [1.82, 2.24) is 10.1 Å². The Bertz CT molecular complexity index is 1730. The first-order valence-corrected chi connectivity index (χ1v) is 12.1. The Kier molecular flexibility index (Phi) is 5.11. The van der Waals surface area contributed by atoms with Crippen LogP contribution in [-0.2, 0) is 5.41 Å². The van der Waals surface area contributed by atoms with Crippen molar-refractivity contribution in [2.24, 2.45) is 0 Å². The smallest absolute Gasteiger partial charge is 0.262 e. The average Bonchev–Trinajstić information content (AvgIpc) is 3.37. The van der Waals surface area contributed by atoms with Crippen LogP contribution in [-0.4, -0.2) is 15.2 Å². The number of fused-ring (bicyclic) bond motifs is 2. The molecule has 0 saturated heterocycles. The van der Waals surface area contributed by atoms with E-state index in [0.29, 0.717) is 17.3 Å². The molecule has 0 saturated carbocycles. The van der Waals surface area contributed by atoms with Crippen LogP contribution in [0, 0.1) is 0 Å². The van der Waals surface area contributed by atoms with E-state index >= 15 is 0 Å². The maximum absolute atomic E-state index is 11.6. The molecule has 1 aromatic heterocycles. The van der Waals surface area contributed by atoms with Gasteiger partial charge in [-0.15, -0.1) is 0 Å². The summed E-state index contributed by atoms with van der Waals surface area (Å²) in [5.41, 5.74) is 4.06. The van der Waals surface area contributed by atoms with Gasteiger partial charge in [-0.1, -0.05) is 111 Å². The summed E-state index contributed by atoms with van der Waals surface area (Å²) in [5.74, 6) is 0.921. The molecule has 0 amide bonds. The van der Waals surface area contributed by atoms with Gasteiger partial charge in [-0.2, -0.15) is 4.98 Å². The molecule has 4 heteroatoms. The quantitative estimate of drug-likeness (QED) is 0.282. The van der Waals surface area contributed by atoms with E-state index in [1.807, 2.05) is 54.6 Å². The minimum Gasteiger partial charge on any atom is -0.506 e. The van der Waals surface area contributed by atoms with Crippen LogP contribution in [0.2, 0.25) is 0 Å². The summed E-state index contributed by atoms with van der Waals surface area (Å²) < 4.78 is 5.76. The molecule has 1 heterocycles. The molecule has 1 N–H and O–H groups in total. The molecule has 0 aliphatic rings. The van der Waals surface area contributed by atoms with Crippen LogP contribution in [0.1, 0.15) is 26.3 Å². The standard InChI is InChI=1S/C32H26N2O2/c1-32(2,3)22-18-27(25-16-8-12-20-10-4-6-14-23(20)25)29(35)28(19-22)31-33-30(34-36-31)26-17-9-13-21-11-5-7-15-24(21)26/h4-19,35H,1-3H3. The van der Waals surface area contributed by atoms with Crippen LogP contribution in [0.15, 0.2) is 102 Å². The van der Waals surface area contributed by atoms with Gasteiger partial charge in [-0.3, -0.25) is 0 Å². The van der Waals surface area contributed by atoms with E-state index in [4.69, 9.17) is 9.51 Å². The summed E-state index contributed by atoms with van der Waals surface area (Å²) in [5, 5.41) is 20.2. The summed E-state index contributed by atoms with van der Waals surface area (Å²) in [7, 11) is 0. The highest BCUT2D eigenvalue weighted by molar-refractivity contribution is 5.99. The zero-order chi connectivity index (χ0) is 24.9. The van der Waals surface area contributed by atoms with Crippen molar-refractivity contribution in [3.05, 3.63) is 103 Å². The number of rotatable bonds is 3. The van der Waals surface area contributed by atoms with Crippen molar-refractivity contribution in [2.75, 3.05) is 0 Å². The van der Waals surface area contributed by atoms with Gasteiger partial charge in [0, 0.05) is 11.1 Å². The lowest BCUT2D eigenvalue weighted by molar-refractivity contribution is 0.425. The number of aromatic nitrogens is 2. The minimum absolute atomic E-state index is 0.132. The van der Waals surface area contributed by atoms with Gasteiger partial charge in [0.15, 0.2) is 0 Å². The van der Waals surface area contributed by atoms with Gasteiger partial charge in [0.2, 0.25) is 5.82 Å². The van der Waals surface area contributed by atoms with Gasteiger partial charge >= 0.3 is 0 Å². The lowest BCUT2D eigenvalue weighted by Crippen LogP contribution is -2.11. The monoisotopic (exact) mass is 470 g/mol. The molecule has 0 bridgehead atoms. The van der Waals surface area contributed by atoms with Crippen LogP contribution < -0.4 is 0 Å². The Morgan fingerprint density at radius 3 is 1.86 bits per heavy atom. The molecule has 4 nitrogen and oxygen atoms in total. The number of aromatic hydroxyl groups is 1. The Hall–Kier alpha value is -4.44. The van der Waals surface area contributed by atoms with E-state index < -0.39 is 0 Å². The number of nitrogens with zero attached hydrogens (tertiary/aromatic N) is 2. The minimum atomic E-state index is -0.153. The van der Waals surface area contributed by atoms with Gasteiger partial charge in [0.1, 0.15) is 5.75 Å². The molecule has 6 rings (SSSR count).